The minimum Gasteiger partial charge on any atom is -0.376 e. The van der Waals surface area contributed by atoms with Crippen LogP contribution in [-0.4, -0.2) is 47.5 Å². The van der Waals surface area contributed by atoms with Crippen molar-refractivity contribution in [2.75, 3.05) is 31.1 Å². The molecular formula is C19H24N2O2S2. The van der Waals surface area contributed by atoms with Gasteiger partial charge < -0.3 is 9.64 Å². The van der Waals surface area contributed by atoms with E-state index in [-0.39, 0.29) is 12.0 Å². The fourth-order valence-electron chi connectivity index (χ4n) is 3.17. The van der Waals surface area contributed by atoms with Gasteiger partial charge in [-0.2, -0.15) is 0 Å². The van der Waals surface area contributed by atoms with Crippen molar-refractivity contribution in [2.45, 2.75) is 32.8 Å². The van der Waals surface area contributed by atoms with E-state index in [2.05, 4.69) is 43.0 Å². The Morgan fingerprint density at radius 2 is 2.04 bits per heavy atom. The number of thiocarbonyl (C=S) groups is 1. The minimum atomic E-state index is -0.00156. The fourth-order valence-corrected chi connectivity index (χ4v) is 4.45. The van der Waals surface area contributed by atoms with Crippen LogP contribution in [0.15, 0.2) is 29.2 Å². The molecule has 1 aromatic rings. The Bertz CT molecular complexity index is 663. The molecule has 0 bridgehead atoms. The van der Waals surface area contributed by atoms with Crippen LogP contribution >= 0.6 is 24.0 Å². The number of hydrogen-bond acceptors (Lipinski definition) is 5. The smallest absolute Gasteiger partial charge is 0.266 e. The molecule has 134 valence electrons. The van der Waals surface area contributed by atoms with E-state index in [0.717, 1.165) is 38.1 Å². The Morgan fingerprint density at radius 3 is 2.64 bits per heavy atom. The number of thioether (sulfide) groups is 1. The van der Waals surface area contributed by atoms with E-state index >= 15 is 0 Å². The van der Waals surface area contributed by atoms with Crippen LogP contribution in [0.25, 0.3) is 6.08 Å². The molecule has 3 rings (SSSR count). The molecule has 2 aliphatic heterocycles. The zero-order valence-electron chi connectivity index (χ0n) is 14.7. The molecule has 1 aromatic carbocycles. The Labute approximate surface area is 159 Å². The highest BCUT2D eigenvalue weighted by Crippen LogP contribution is 2.33. The summed E-state index contributed by atoms with van der Waals surface area (Å²) in [5.41, 5.74) is 2.22. The van der Waals surface area contributed by atoms with Gasteiger partial charge in [0.15, 0.2) is 0 Å². The molecule has 2 aliphatic rings. The summed E-state index contributed by atoms with van der Waals surface area (Å²) in [5.74, 6) is -0.00156. The highest BCUT2D eigenvalue weighted by atomic mass is 32.2. The number of benzene rings is 1. The summed E-state index contributed by atoms with van der Waals surface area (Å²) in [6.45, 7) is 7.63. The van der Waals surface area contributed by atoms with E-state index in [1.807, 2.05) is 6.08 Å². The van der Waals surface area contributed by atoms with Crippen LogP contribution in [0.2, 0.25) is 0 Å². The molecule has 25 heavy (non-hydrogen) atoms. The molecule has 1 amide bonds. The molecule has 2 fully saturated rings. The molecule has 0 unspecified atom stereocenters. The maximum Gasteiger partial charge on any atom is 0.266 e. The van der Waals surface area contributed by atoms with Crippen molar-refractivity contribution in [3.63, 3.8) is 0 Å². The van der Waals surface area contributed by atoms with Crippen molar-refractivity contribution >= 4 is 46.0 Å². The van der Waals surface area contributed by atoms with E-state index in [0.29, 0.717) is 15.8 Å². The van der Waals surface area contributed by atoms with Gasteiger partial charge in [0, 0.05) is 25.4 Å². The average molecular weight is 377 g/mol. The van der Waals surface area contributed by atoms with Gasteiger partial charge in [-0.05, 0) is 50.5 Å². The monoisotopic (exact) mass is 376 g/mol. The maximum absolute atomic E-state index is 12.7. The van der Waals surface area contributed by atoms with E-state index in [1.165, 1.54) is 17.4 Å². The SMILES string of the molecule is CCN(CC)c1ccc(/C=C2\SC(=S)N(C[C@H]3CCCO3)C2=O)cc1. The van der Waals surface area contributed by atoms with Crippen molar-refractivity contribution in [1.82, 2.24) is 4.90 Å². The van der Waals surface area contributed by atoms with Gasteiger partial charge in [-0.25, -0.2) is 0 Å². The van der Waals surface area contributed by atoms with Crippen LogP contribution in [-0.2, 0) is 9.53 Å². The van der Waals surface area contributed by atoms with E-state index < -0.39 is 0 Å². The lowest BCUT2D eigenvalue weighted by molar-refractivity contribution is -0.123. The van der Waals surface area contributed by atoms with Gasteiger partial charge in [0.05, 0.1) is 17.6 Å². The zero-order chi connectivity index (χ0) is 17.8. The normalized spacial score (nSPS) is 22.2. The maximum atomic E-state index is 12.7. The Morgan fingerprint density at radius 1 is 1.32 bits per heavy atom. The quantitative estimate of drug-likeness (QED) is 0.555. The van der Waals surface area contributed by atoms with Crippen LogP contribution in [0.1, 0.15) is 32.3 Å². The topological polar surface area (TPSA) is 32.8 Å². The van der Waals surface area contributed by atoms with E-state index in [1.54, 1.807) is 4.90 Å². The van der Waals surface area contributed by atoms with Gasteiger partial charge in [-0.15, -0.1) is 0 Å². The van der Waals surface area contributed by atoms with Gasteiger partial charge in [0.25, 0.3) is 5.91 Å². The Hall–Kier alpha value is -1.37. The molecule has 6 heteroatoms. The van der Waals surface area contributed by atoms with Crippen LogP contribution < -0.4 is 4.90 Å². The predicted molar refractivity (Wildman–Crippen MR) is 109 cm³/mol. The summed E-state index contributed by atoms with van der Waals surface area (Å²) in [4.78, 5) is 17.3. The first-order valence-electron chi connectivity index (χ1n) is 8.84. The van der Waals surface area contributed by atoms with Crippen LogP contribution in [0.5, 0.6) is 0 Å². The number of rotatable bonds is 6. The van der Waals surface area contributed by atoms with Crippen molar-refractivity contribution in [2.24, 2.45) is 0 Å². The summed E-state index contributed by atoms with van der Waals surface area (Å²) in [6.07, 6.45) is 4.12. The van der Waals surface area contributed by atoms with Crippen molar-refractivity contribution in [3.05, 3.63) is 34.7 Å². The number of amides is 1. The summed E-state index contributed by atoms with van der Waals surface area (Å²) in [7, 11) is 0. The summed E-state index contributed by atoms with van der Waals surface area (Å²) >= 11 is 6.78. The highest BCUT2D eigenvalue weighted by Gasteiger charge is 2.34. The molecule has 4 nitrogen and oxygen atoms in total. The lowest BCUT2D eigenvalue weighted by Gasteiger charge is -2.20. The lowest BCUT2D eigenvalue weighted by atomic mass is 10.1. The molecule has 0 saturated carbocycles. The third kappa shape index (κ3) is 4.25. The van der Waals surface area contributed by atoms with Gasteiger partial charge >= 0.3 is 0 Å². The Kier molecular flexibility index (Phi) is 6.15. The Balaban J connectivity index is 1.70. The standard InChI is InChI=1S/C19H24N2O2S2/c1-3-20(4-2)15-9-7-14(8-10-15)12-17-18(22)21(19(24)25-17)13-16-6-5-11-23-16/h7-10,12,16H,3-6,11,13H2,1-2H3/b17-12-/t16-/m1/s1. The second kappa shape index (κ2) is 8.34. The lowest BCUT2D eigenvalue weighted by Crippen LogP contribution is -2.35. The van der Waals surface area contributed by atoms with Crippen LogP contribution in [0.4, 0.5) is 5.69 Å². The van der Waals surface area contributed by atoms with Crippen molar-refractivity contribution in [3.8, 4) is 0 Å². The number of hydrogen-bond donors (Lipinski definition) is 0. The second-order valence-electron chi connectivity index (χ2n) is 6.19. The minimum absolute atomic E-state index is 0.00156. The molecule has 0 spiro atoms. The second-order valence-corrected chi connectivity index (χ2v) is 7.87. The number of carbonyl (C=O) groups excluding carboxylic acids is 1. The molecule has 0 aliphatic carbocycles. The number of nitrogens with zero attached hydrogens (tertiary/aromatic N) is 2. The van der Waals surface area contributed by atoms with Gasteiger partial charge in [0.2, 0.25) is 0 Å². The first-order chi connectivity index (χ1) is 12.1. The third-order valence-corrected chi connectivity index (χ3v) is 5.98. The van der Waals surface area contributed by atoms with Gasteiger partial charge in [-0.1, -0.05) is 36.1 Å². The largest absolute Gasteiger partial charge is 0.376 e. The molecule has 1 atom stereocenters. The van der Waals surface area contributed by atoms with Gasteiger partial charge in [-0.3, -0.25) is 9.69 Å². The van der Waals surface area contributed by atoms with Gasteiger partial charge in [0.1, 0.15) is 4.32 Å². The number of ether oxygens (including phenoxy) is 1. The fraction of sp³-hybridized carbons (Fsp3) is 0.474. The summed E-state index contributed by atoms with van der Waals surface area (Å²) in [6, 6.07) is 8.32. The van der Waals surface area contributed by atoms with E-state index in [9.17, 15) is 4.79 Å². The van der Waals surface area contributed by atoms with Crippen LogP contribution in [0, 0.1) is 0 Å². The summed E-state index contributed by atoms with van der Waals surface area (Å²) in [5, 5.41) is 0. The van der Waals surface area contributed by atoms with E-state index in [4.69, 9.17) is 17.0 Å². The molecule has 0 radical (unpaired) electrons. The highest BCUT2D eigenvalue weighted by molar-refractivity contribution is 8.26. The molecule has 2 heterocycles. The molecule has 0 N–H and O–H groups in total. The first kappa shape index (κ1) is 18.4. The first-order valence-corrected chi connectivity index (χ1v) is 10.1. The van der Waals surface area contributed by atoms with Crippen molar-refractivity contribution in [1.29, 1.82) is 0 Å². The van der Waals surface area contributed by atoms with Crippen molar-refractivity contribution < 1.29 is 9.53 Å². The van der Waals surface area contributed by atoms with Crippen LogP contribution in [0.3, 0.4) is 0 Å². The molecule has 2 saturated heterocycles. The third-order valence-electron chi connectivity index (χ3n) is 4.60. The summed E-state index contributed by atoms with van der Waals surface area (Å²) < 4.78 is 6.27. The molecule has 0 aromatic heterocycles. The average Bonchev–Trinajstić information content (AvgIpc) is 3.22. The number of anilines is 1. The number of carbonyl (C=O) groups is 1. The molecular weight excluding hydrogens is 352 g/mol. The zero-order valence-corrected chi connectivity index (χ0v) is 16.4. The predicted octanol–water partition coefficient (Wildman–Crippen LogP) is 3.91.